The second kappa shape index (κ2) is 10.5. The topological polar surface area (TPSA) is 6.48 Å². The summed E-state index contributed by atoms with van der Waals surface area (Å²) < 4.78 is 0. The van der Waals surface area contributed by atoms with E-state index in [2.05, 4.69) is 83.2 Å². The van der Waals surface area contributed by atoms with Crippen LogP contribution in [0.4, 0.5) is 0 Å². The standard InChI is InChI=1S/C17H35N2.ClH.Cu/c1-7-16(8-2,9-3)18-13-14-19(15-18)17(10-4,11-5)12-6;;/h15H,7-14H2,1-6H3;1H;/q-1;;+2/p-1. The van der Waals surface area contributed by atoms with E-state index in [1.807, 2.05) is 0 Å². The van der Waals surface area contributed by atoms with Crippen molar-refractivity contribution in [2.75, 3.05) is 13.1 Å². The molecular formula is C17H35ClCuN2. The van der Waals surface area contributed by atoms with Crippen molar-refractivity contribution in [1.82, 2.24) is 9.80 Å². The fourth-order valence-corrected chi connectivity index (χ4v) is 3.94. The van der Waals surface area contributed by atoms with Crippen molar-refractivity contribution in [3.8, 4) is 0 Å². The van der Waals surface area contributed by atoms with Gasteiger partial charge < -0.3 is 9.80 Å². The molecule has 0 aromatic heterocycles. The van der Waals surface area contributed by atoms with E-state index in [4.69, 9.17) is 0 Å². The summed E-state index contributed by atoms with van der Waals surface area (Å²) in [7, 11) is 4.20. The molecule has 0 bridgehead atoms. The number of hydrogen-bond donors (Lipinski definition) is 0. The van der Waals surface area contributed by atoms with E-state index in [1.54, 1.807) is 0 Å². The predicted octanol–water partition coefficient (Wildman–Crippen LogP) is 5.35. The van der Waals surface area contributed by atoms with E-state index in [9.17, 15) is 0 Å². The van der Waals surface area contributed by atoms with Crippen molar-refractivity contribution in [2.45, 2.75) is 91.1 Å². The minimum absolute atomic E-state index is 0.385. The maximum absolute atomic E-state index is 4.20. The summed E-state index contributed by atoms with van der Waals surface area (Å²) in [4.78, 5) is 5.28. The first-order chi connectivity index (χ1) is 10.1. The van der Waals surface area contributed by atoms with Crippen molar-refractivity contribution < 1.29 is 15.1 Å². The second-order valence-corrected chi connectivity index (χ2v) is 6.07. The van der Waals surface area contributed by atoms with Crippen LogP contribution in [0.5, 0.6) is 0 Å². The third-order valence-corrected chi connectivity index (χ3v) is 6.03. The van der Waals surface area contributed by atoms with Gasteiger partial charge >= 0.3 is 25.2 Å². The molecule has 0 unspecified atom stereocenters. The van der Waals surface area contributed by atoms with Crippen LogP contribution in [-0.4, -0.2) is 34.0 Å². The SMILES string of the molecule is CCC(CC)(CC)N1[CH-]N(C(CC)(CC)CC)CC1.[Cl][Cu+]. The molecule has 0 radical (unpaired) electrons. The second-order valence-electron chi connectivity index (χ2n) is 6.07. The zero-order valence-electron chi connectivity index (χ0n) is 14.8. The fourth-order valence-electron chi connectivity index (χ4n) is 3.94. The summed E-state index contributed by atoms with van der Waals surface area (Å²) in [6.07, 6.45) is 7.51. The number of hydrogen-bond acceptors (Lipinski definition) is 2. The van der Waals surface area contributed by atoms with Gasteiger partial charge in [-0.15, -0.1) is 0 Å². The van der Waals surface area contributed by atoms with Gasteiger partial charge in [0.05, 0.1) is 0 Å². The zero-order valence-corrected chi connectivity index (χ0v) is 16.5. The monoisotopic (exact) mass is 365 g/mol. The van der Waals surface area contributed by atoms with E-state index in [0.717, 1.165) is 0 Å². The molecule has 1 heterocycles. The Morgan fingerprint density at radius 2 is 0.952 bits per heavy atom. The minimum atomic E-state index is 0.385. The van der Waals surface area contributed by atoms with Crippen LogP contribution in [0.15, 0.2) is 0 Å². The number of halogens is 1. The van der Waals surface area contributed by atoms with E-state index < -0.39 is 0 Å². The molecule has 1 aliphatic rings. The van der Waals surface area contributed by atoms with Gasteiger partial charge in [-0.25, -0.2) is 6.67 Å². The Morgan fingerprint density at radius 3 is 1.14 bits per heavy atom. The van der Waals surface area contributed by atoms with E-state index >= 15 is 0 Å². The zero-order chi connectivity index (χ0) is 16.5. The first-order valence-electron chi connectivity index (χ1n) is 8.57. The Hall–Kier alpha value is 0.729. The first-order valence-corrected chi connectivity index (χ1v) is 9.87. The molecule has 0 N–H and O–H groups in total. The normalized spacial score (nSPS) is 17.8. The van der Waals surface area contributed by atoms with Crippen LogP contribution in [-0.2, 0) is 15.1 Å². The quantitative estimate of drug-likeness (QED) is 0.422. The van der Waals surface area contributed by atoms with Crippen molar-refractivity contribution in [2.24, 2.45) is 0 Å². The molecular weight excluding hydrogens is 331 g/mol. The van der Waals surface area contributed by atoms with Crippen molar-refractivity contribution in [3.63, 3.8) is 0 Å². The molecule has 0 saturated carbocycles. The van der Waals surface area contributed by atoms with E-state index in [1.165, 1.54) is 51.6 Å². The van der Waals surface area contributed by atoms with Gasteiger partial charge in [0.2, 0.25) is 0 Å². The first kappa shape index (κ1) is 21.7. The van der Waals surface area contributed by atoms with Crippen molar-refractivity contribution >= 4 is 10.1 Å². The number of nitrogens with zero attached hydrogens (tertiary/aromatic N) is 2. The van der Waals surface area contributed by atoms with Crippen molar-refractivity contribution in [3.05, 3.63) is 6.67 Å². The van der Waals surface area contributed by atoms with Gasteiger partial charge in [0.1, 0.15) is 0 Å². The van der Waals surface area contributed by atoms with Gasteiger partial charge in [0.25, 0.3) is 0 Å². The molecule has 1 rings (SSSR count). The number of rotatable bonds is 8. The third kappa shape index (κ3) is 4.61. The molecule has 1 fully saturated rings. The molecule has 131 valence electrons. The molecule has 21 heavy (non-hydrogen) atoms. The van der Waals surface area contributed by atoms with Crippen LogP contribution >= 0.6 is 10.1 Å². The molecule has 2 nitrogen and oxygen atoms in total. The van der Waals surface area contributed by atoms with E-state index in [-0.39, 0.29) is 0 Å². The molecule has 0 aromatic rings. The Labute approximate surface area is 146 Å². The van der Waals surface area contributed by atoms with Gasteiger partial charge in [-0.2, -0.15) is 0 Å². The van der Waals surface area contributed by atoms with E-state index in [0.29, 0.717) is 11.1 Å². The predicted molar refractivity (Wildman–Crippen MR) is 90.8 cm³/mol. The van der Waals surface area contributed by atoms with Gasteiger partial charge in [0.15, 0.2) is 0 Å². The Morgan fingerprint density at radius 1 is 0.714 bits per heavy atom. The summed E-state index contributed by atoms with van der Waals surface area (Å²) >= 11 is 3.66. The molecule has 4 heteroatoms. The molecule has 1 aliphatic heterocycles. The van der Waals surface area contributed by atoms with Crippen LogP contribution in [0, 0.1) is 6.67 Å². The average Bonchev–Trinajstić information content (AvgIpc) is 3.05. The summed E-state index contributed by atoms with van der Waals surface area (Å²) in [5, 5.41) is 0. The summed E-state index contributed by atoms with van der Waals surface area (Å²) in [6.45, 7) is 18.9. The molecule has 0 amide bonds. The van der Waals surface area contributed by atoms with Crippen LogP contribution in [0.25, 0.3) is 0 Å². The third-order valence-electron chi connectivity index (χ3n) is 6.03. The van der Waals surface area contributed by atoms with Crippen LogP contribution in [0.2, 0.25) is 0 Å². The molecule has 0 atom stereocenters. The maximum atomic E-state index is 4.20. The van der Waals surface area contributed by atoms with Gasteiger partial charge in [-0.1, -0.05) is 41.5 Å². The van der Waals surface area contributed by atoms with Crippen LogP contribution < -0.4 is 0 Å². The molecule has 1 saturated heterocycles. The molecule has 0 aliphatic carbocycles. The average molecular weight is 366 g/mol. The summed E-state index contributed by atoms with van der Waals surface area (Å²) in [5.41, 5.74) is 0.769. The van der Waals surface area contributed by atoms with Crippen molar-refractivity contribution in [1.29, 1.82) is 0 Å². The Balaban J connectivity index is 0.00000191. The Bertz CT molecular complexity index is 223. The molecule has 0 aromatic carbocycles. The fraction of sp³-hybridized carbons (Fsp3) is 0.941. The van der Waals surface area contributed by atoms with Crippen LogP contribution in [0.3, 0.4) is 0 Å². The van der Waals surface area contributed by atoms with Gasteiger partial charge in [-0.05, 0) is 62.7 Å². The van der Waals surface area contributed by atoms with Gasteiger partial charge in [-0.3, -0.25) is 0 Å². The molecule has 0 spiro atoms. The van der Waals surface area contributed by atoms with Crippen LogP contribution in [0.1, 0.15) is 80.1 Å². The Kier molecular flexibility index (Phi) is 10.9. The van der Waals surface area contributed by atoms with Gasteiger partial charge in [0, 0.05) is 0 Å². The summed E-state index contributed by atoms with van der Waals surface area (Å²) in [6, 6.07) is 0. The summed E-state index contributed by atoms with van der Waals surface area (Å²) in [5.74, 6) is 0.